The van der Waals surface area contributed by atoms with Crippen molar-refractivity contribution in [2.24, 2.45) is 23.7 Å². The zero-order chi connectivity index (χ0) is 15.2. The molecule has 3 aliphatic carbocycles. The molecule has 0 aromatic rings. The molecule has 0 amide bonds. The molecule has 7 atom stereocenters. The molecule has 10 heteroatoms. The summed E-state index contributed by atoms with van der Waals surface area (Å²) in [5.74, 6) is 1.84. The van der Waals surface area contributed by atoms with Gasteiger partial charge in [0.25, 0.3) is 0 Å². The van der Waals surface area contributed by atoms with Gasteiger partial charge in [-0.25, -0.2) is 8.42 Å². The smallest absolute Gasteiger partial charge is 0.870 e. The zero-order valence-electron chi connectivity index (χ0n) is 14.4. The fourth-order valence-electron chi connectivity index (χ4n) is 4.98. The van der Waals surface area contributed by atoms with E-state index < -0.39 is 26.4 Å². The number of fused-ring (bicyclic) bond motifs is 2. The number of rotatable bonds is 2. The van der Waals surface area contributed by atoms with Crippen molar-refractivity contribution in [2.75, 3.05) is 0 Å². The van der Waals surface area contributed by atoms with Crippen molar-refractivity contribution in [2.45, 2.75) is 61.9 Å². The van der Waals surface area contributed by atoms with Crippen LogP contribution >= 0.6 is 0 Å². The van der Waals surface area contributed by atoms with E-state index in [0.717, 1.165) is 38.5 Å². The molecule has 3 rings (SSSR count). The van der Waals surface area contributed by atoms with E-state index in [2.05, 4.69) is 0 Å². The van der Waals surface area contributed by atoms with Crippen molar-refractivity contribution in [3.63, 3.8) is 0 Å². The van der Waals surface area contributed by atoms with Gasteiger partial charge in [-0.15, -0.1) is 0 Å². The van der Waals surface area contributed by atoms with Crippen LogP contribution in [0.3, 0.4) is 0 Å². The number of hydrogen-bond acceptors (Lipinski definition) is 6. The van der Waals surface area contributed by atoms with Crippen LogP contribution in [0.4, 0.5) is 0 Å². The Morgan fingerprint density at radius 3 is 1.79 bits per heavy atom. The SMILES string of the molecule is O=S([O-])C1CCC2CC3CC(S(=O)(=O)[O-])CCC3CC2C1.[Li+].[Li+].[OH-]. The Bertz CT molecular complexity index is 529. The van der Waals surface area contributed by atoms with Crippen LogP contribution < -0.4 is 37.7 Å². The Hall–Kier alpha value is 1.17. The van der Waals surface area contributed by atoms with Crippen LogP contribution in [-0.2, 0) is 21.2 Å². The van der Waals surface area contributed by atoms with Gasteiger partial charge in [-0.1, -0.05) is 11.1 Å². The molecule has 1 N–H and O–H groups in total. The summed E-state index contributed by atoms with van der Waals surface area (Å²) in [6, 6.07) is 0. The van der Waals surface area contributed by atoms with E-state index in [1.165, 1.54) is 0 Å². The van der Waals surface area contributed by atoms with Gasteiger partial charge >= 0.3 is 37.7 Å². The molecule has 3 aliphatic rings. The average Bonchev–Trinajstić information content (AvgIpc) is 2.42. The van der Waals surface area contributed by atoms with Gasteiger partial charge in [-0.05, 0) is 75.0 Å². The van der Waals surface area contributed by atoms with Gasteiger partial charge < -0.3 is 14.6 Å². The Balaban J connectivity index is 0.00000176. The third-order valence-corrected chi connectivity index (χ3v) is 8.29. The second kappa shape index (κ2) is 9.92. The molecular formula is C14H23Li2O6S2-. The second-order valence-corrected chi connectivity index (χ2v) is 9.98. The summed E-state index contributed by atoms with van der Waals surface area (Å²) in [4.78, 5) is 0. The first-order valence-corrected chi connectivity index (χ1v) is 10.5. The summed E-state index contributed by atoms with van der Waals surface area (Å²) < 4.78 is 56.0. The van der Waals surface area contributed by atoms with Gasteiger partial charge in [-0.3, -0.25) is 4.21 Å². The molecule has 0 heterocycles. The van der Waals surface area contributed by atoms with Crippen molar-refractivity contribution in [3.05, 3.63) is 0 Å². The van der Waals surface area contributed by atoms with Gasteiger partial charge in [0.2, 0.25) is 0 Å². The predicted octanol–water partition coefficient (Wildman–Crippen LogP) is -4.39. The summed E-state index contributed by atoms with van der Waals surface area (Å²) >= 11 is -1.97. The van der Waals surface area contributed by atoms with Crippen molar-refractivity contribution in [3.8, 4) is 0 Å². The zero-order valence-corrected chi connectivity index (χ0v) is 16.1. The van der Waals surface area contributed by atoms with Gasteiger partial charge in [0.15, 0.2) is 0 Å². The first-order chi connectivity index (χ1) is 9.84. The van der Waals surface area contributed by atoms with Crippen LogP contribution in [-0.4, -0.2) is 37.7 Å². The summed E-state index contributed by atoms with van der Waals surface area (Å²) in [6.07, 6.45) is 6.27. The Morgan fingerprint density at radius 1 is 0.792 bits per heavy atom. The quantitative estimate of drug-likeness (QED) is 0.276. The van der Waals surface area contributed by atoms with Crippen molar-refractivity contribution in [1.82, 2.24) is 0 Å². The third-order valence-electron chi connectivity index (χ3n) is 6.07. The van der Waals surface area contributed by atoms with Crippen molar-refractivity contribution < 1.29 is 64.9 Å². The van der Waals surface area contributed by atoms with E-state index in [1.54, 1.807) is 0 Å². The van der Waals surface area contributed by atoms with Gasteiger partial charge in [0.1, 0.15) is 0 Å². The molecule has 0 spiro atoms. The molecule has 0 aromatic carbocycles. The van der Waals surface area contributed by atoms with E-state index in [-0.39, 0.29) is 48.4 Å². The summed E-state index contributed by atoms with van der Waals surface area (Å²) in [7, 11) is -4.16. The standard InChI is InChI=1S/C14H24O5S2.2Li.H2O/c15-20(16)13-3-1-9-6-12-8-14(21(17,18)19)4-2-10(12)5-11(9)7-13;;;/h9-14H,1-8H2,(H,15,16)(H,17,18,19);;;1H2/q;2*+1;/p-3. The molecule has 6 nitrogen and oxygen atoms in total. The largest absolute Gasteiger partial charge is 1.00 e. The van der Waals surface area contributed by atoms with E-state index >= 15 is 0 Å². The van der Waals surface area contributed by atoms with Crippen LogP contribution in [0.2, 0.25) is 0 Å². The number of hydrogen-bond donors (Lipinski definition) is 0. The maximum absolute atomic E-state index is 11.2. The molecule has 3 saturated carbocycles. The molecule has 0 radical (unpaired) electrons. The molecule has 0 saturated heterocycles. The minimum absolute atomic E-state index is 0. The van der Waals surface area contributed by atoms with Crippen LogP contribution in [0, 0.1) is 23.7 Å². The summed E-state index contributed by atoms with van der Waals surface area (Å²) in [6.45, 7) is 0. The fourth-order valence-corrected chi connectivity index (χ4v) is 6.62. The minimum atomic E-state index is -4.16. The van der Waals surface area contributed by atoms with Crippen LogP contribution in [0.15, 0.2) is 0 Å². The molecule has 3 fully saturated rings. The van der Waals surface area contributed by atoms with Gasteiger partial charge in [-0.2, -0.15) is 0 Å². The fraction of sp³-hybridized carbons (Fsp3) is 1.00. The maximum atomic E-state index is 11.2. The molecular weight excluding hydrogens is 342 g/mol. The third kappa shape index (κ3) is 5.58. The molecule has 7 unspecified atom stereocenters. The van der Waals surface area contributed by atoms with Crippen LogP contribution in [0.5, 0.6) is 0 Å². The van der Waals surface area contributed by atoms with E-state index in [1.807, 2.05) is 0 Å². The maximum Gasteiger partial charge on any atom is 1.00 e. The van der Waals surface area contributed by atoms with Gasteiger partial charge in [0, 0.05) is 10.5 Å². The summed E-state index contributed by atoms with van der Waals surface area (Å²) in [5, 5.41) is -0.887. The average molecular weight is 365 g/mol. The normalized spacial score (nSPS) is 39.8. The van der Waals surface area contributed by atoms with E-state index in [9.17, 15) is 21.7 Å². The second-order valence-electron chi connectivity index (χ2n) is 7.14. The van der Waals surface area contributed by atoms with E-state index in [4.69, 9.17) is 0 Å². The van der Waals surface area contributed by atoms with Crippen LogP contribution in [0.1, 0.15) is 51.4 Å². The first kappa shape index (κ1) is 25.2. The molecule has 24 heavy (non-hydrogen) atoms. The van der Waals surface area contributed by atoms with Gasteiger partial charge in [0.05, 0.1) is 10.1 Å². The molecule has 0 aromatic heterocycles. The molecule has 130 valence electrons. The monoisotopic (exact) mass is 365 g/mol. The molecule has 0 bridgehead atoms. The Labute approximate surface area is 171 Å². The Morgan fingerprint density at radius 2 is 1.29 bits per heavy atom. The van der Waals surface area contributed by atoms with E-state index in [0.29, 0.717) is 36.5 Å². The summed E-state index contributed by atoms with van der Waals surface area (Å²) in [5.41, 5.74) is 0. The Kier molecular flexibility index (Phi) is 10.4. The topological polar surface area (TPSA) is 127 Å². The first-order valence-electron chi connectivity index (χ1n) is 7.87. The van der Waals surface area contributed by atoms with Crippen molar-refractivity contribution in [1.29, 1.82) is 0 Å². The molecule has 0 aliphatic heterocycles. The van der Waals surface area contributed by atoms with Crippen molar-refractivity contribution >= 4 is 21.2 Å². The van der Waals surface area contributed by atoms with Crippen LogP contribution in [0.25, 0.3) is 0 Å². The predicted molar refractivity (Wildman–Crippen MR) is 79.0 cm³/mol. The minimum Gasteiger partial charge on any atom is -0.870 e.